The second-order valence-electron chi connectivity index (χ2n) is 4.18. The lowest BCUT2D eigenvalue weighted by Crippen LogP contribution is -2.56. The summed E-state index contributed by atoms with van der Waals surface area (Å²) in [4.78, 5) is 0. The second kappa shape index (κ2) is 3.58. The molecule has 0 unspecified atom stereocenters. The molecule has 0 saturated carbocycles. The Morgan fingerprint density at radius 1 is 0.933 bits per heavy atom. The van der Waals surface area contributed by atoms with Crippen LogP contribution >= 0.6 is 0 Å². The molecule has 0 saturated heterocycles. The van der Waals surface area contributed by atoms with Gasteiger partial charge in [-0.25, -0.2) is 8.42 Å². The van der Waals surface area contributed by atoms with E-state index in [1.54, 1.807) is 0 Å². The SMILES string of the molecule is CC(F)(F)C(F)(F)NS(=O)(=O)C(C)(C)C. The molecule has 0 aromatic carbocycles. The van der Waals surface area contributed by atoms with Crippen LogP contribution in [-0.2, 0) is 10.0 Å². The van der Waals surface area contributed by atoms with Gasteiger partial charge in [0.15, 0.2) is 0 Å². The molecule has 0 bridgehead atoms. The highest BCUT2D eigenvalue weighted by Gasteiger charge is 2.56. The third-order valence-electron chi connectivity index (χ3n) is 1.62. The molecule has 0 amide bonds. The van der Waals surface area contributed by atoms with Crippen molar-refractivity contribution in [3.8, 4) is 0 Å². The van der Waals surface area contributed by atoms with Crippen LogP contribution in [0.4, 0.5) is 17.6 Å². The predicted octanol–water partition coefficient (Wildman–Crippen LogP) is 1.95. The molecule has 0 aromatic rings. The molecule has 8 heteroatoms. The minimum atomic E-state index is -4.79. The zero-order chi connectivity index (χ0) is 12.7. The number of hydrogen-bond donors (Lipinski definition) is 1. The normalized spacial score (nSPS) is 15.5. The van der Waals surface area contributed by atoms with E-state index in [0.29, 0.717) is 4.72 Å². The smallest absolute Gasteiger partial charge is 0.212 e. The second-order valence-corrected chi connectivity index (χ2v) is 6.62. The Balaban J connectivity index is 5.08. The maximum Gasteiger partial charge on any atom is 0.377 e. The summed E-state index contributed by atoms with van der Waals surface area (Å²) in [7, 11) is -4.52. The van der Waals surface area contributed by atoms with Crippen molar-refractivity contribution >= 4 is 10.0 Å². The quantitative estimate of drug-likeness (QED) is 0.615. The molecule has 0 atom stereocenters. The summed E-state index contributed by atoms with van der Waals surface area (Å²) in [6, 6.07) is -4.79. The van der Waals surface area contributed by atoms with Gasteiger partial charge in [0.1, 0.15) is 0 Å². The lowest BCUT2D eigenvalue weighted by molar-refractivity contribution is -0.203. The molecule has 0 spiro atoms. The van der Waals surface area contributed by atoms with Gasteiger partial charge in [-0.3, -0.25) is 0 Å². The molecule has 0 aromatic heterocycles. The molecule has 3 nitrogen and oxygen atoms in total. The fourth-order valence-corrected chi connectivity index (χ4v) is 1.23. The summed E-state index contributed by atoms with van der Waals surface area (Å²) in [5, 5.41) is 0. The predicted molar refractivity (Wildman–Crippen MR) is 47.4 cm³/mol. The first-order chi connectivity index (χ1) is 6.21. The van der Waals surface area contributed by atoms with Gasteiger partial charge in [-0.15, -0.1) is 4.72 Å². The van der Waals surface area contributed by atoms with Gasteiger partial charge in [0.05, 0.1) is 4.75 Å². The Hall–Kier alpha value is -0.370. The number of rotatable bonds is 3. The van der Waals surface area contributed by atoms with Gasteiger partial charge in [0.25, 0.3) is 0 Å². The average molecular weight is 251 g/mol. The molecular weight excluding hydrogens is 238 g/mol. The fourth-order valence-electron chi connectivity index (χ4n) is 0.411. The van der Waals surface area contributed by atoms with Crippen molar-refractivity contribution in [2.75, 3.05) is 0 Å². The summed E-state index contributed by atoms with van der Waals surface area (Å²) in [5.74, 6) is -4.45. The first-order valence-corrected chi connectivity index (χ1v) is 5.48. The molecule has 0 radical (unpaired) electrons. The van der Waals surface area contributed by atoms with Crippen molar-refractivity contribution in [3.05, 3.63) is 0 Å². The molecule has 0 aliphatic rings. The van der Waals surface area contributed by atoms with Gasteiger partial charge in [0.2, 0.25) is 10.0 Å². The molecule has 0 fully saturated rings. The molecular formula is C7H13F4NO2S. The third kappa shape index (κ3) is 3.30. The van der Waals surface area contributed by atoms with E-state index in [9.17, 15) is 26.0 Å². The summed E-state index contributed by atoms with van der Waals surface area (Å²) < 4.78 is 71.6. The van der Waals surface area contributed by atoms with Crippen LogP contribution in [0.25, 0.3) is 0 Å². The van der Waals surface area contributed by atoms with E-state index in [2.05, 4.69) is 0 Å². The summed E-state index contributed by atoms with van der Waals surface area (Å²) >= 11 is 0. The van der Waals surface area contributed by atoms with Crippen LogP contribution in [0, 0.1) is 0 Å². The largest absolute Gasteiger partial charge is 0.377 e. The summed E-state index contributed by atoms with van der Waals surface area (Å²) in [6.45, 7) is 3.32. The first-order valence-electron chi connectivity index (χ1n) is 4.00. The van der Waals surface area contributed by atoms with Crippen molar-refractivity contribution in [1.82, 2.24) is 4.72 Å². The van der Waals surface area contributed by atoms with Gasteiger partial charge in [0, 0.05) is 6.92 Å². The van der Waals surface area contributed by atoms with Gasteiger partial charge in [-0.1, -0.05) is 0 Å². The van der Waals surface area contributed by atoms with Crippen LogP contribution in [0.1, 0.15) is 27.7 Å². The molecule has 1 N–H and O–H groups in total. The van der Waals surface area contributed by atoms with Crippen molar-refractivity contribution in [2.24, 2.45) is 0 Å². The minimum absolute atomic E-state index is 0.0574. The number of nitrogens with one attached hydrogen (secondary N) is 1. The van der Waals surface area contributed by atoms with Crippen LogP contribution in [0.15, 0.2) is 0 Å². The maximum absolute atomic E-state index is 12.7. The van der Waals surface area contributed by atoms with E-state index < -0.39 is 26.7 Å². The molecule has 0 rings (SSSR count). The van der Waals surface area contributed by atoms with Gasteiger partial charge >= 0.3 is 12.0 Å². The molecule has 0 aliphatic heterocycles. The number of hydrogen-bond acceptors (Lipinski definition) is 2. The van der Waals surface area contributed by atoms with Crippen LogP contribution in [0.2, 0.25) is 0 Å². The Morgan fingerprint density at radius 3 is 1.47 bits per heavy atom. The van der Waals surface area contributed by atoms with E-state index in [-0.39, 0.29) is 6.92 Å². The highest BCUT2D eigenvalue weighted by Crippen LogP contribution is 2.33. The van der Waals surface area contributed by atoms with E-state index in [1.807, 2.05) is 0 Å². The lowest BCUT2D eigenvalue weighted by Gasteiger charge is -2.28. The fraction of sp³-hybridized carbons (Fsp3) is 1.00. The average Bonchev–Trinajstić information content (AvgIpc) is 1.77. The van der Waals surface area contributed by atoms with Crippen molar-refractivity contribution in [1.29, 1.82) is 0 Å². The van der Waals surface area contributed by atoms with Gasteiger partial charge in [-0.2, -0.15) is 17.6 Å². The topological polar surface area (TPSA) is 46.2 Å². The van der Waals surface area contributed by atoms with Gasteiger partial charge in [-0.05, 0) is 20.8 Å². The maximum atomic E-state index is 12.7. The molecule has 0 heterocycles. The Bertz CT molecular complexity index is 326. The van der Waals surface area contributed by atoms with Crippen LogP contribution in [0.3, 0.4) is 0 Å². The van der Waals surface area contributed by atoms with Crippen LogP contribution < -0.4 is 4.72 Å². The lowest BCUT2D eigenvalue weighted by atomic mass is 10.3. The Kier molecular flexibility index (Phi) is 3.50. The third-order valence-corrected chi connectivity index (χ3v) is 3.76. The van der Waals surface area contributed by atoms with E-state index >= 15 is 0 Å². The van der Waals surface area contributed by atoms with E-state index in [4.69, 9.17) is 0 Å². The number of alkyl halides is 4. The number of sulfonamides is 1. The van der Waals surface area contributed by atoms with Crippen LogP contribution in [0.5, 0.6) is 0 Å². The molecule has 92 valence electrons. The van der Waals surface area contributed by atoms with Gasteiger partial charge < -0.3 is 0 Å². The standard InChI is InChI=1S/C7H13F4NO2S/c1-5(2,3)15(13,14)12-7(10,11)6(4,8)9/h12H,1-4H3. The Morgan fingerprint density at radius 2 is 1.27 bits per heavy atom. The van der Waals surface area contributed by atoms with Crippen molar-refractivity contribution < 1.29 is 26.0 Å². The monoisotopic (exact) mass is 251 g/mol. The van der Waals surface area contributed by atoms with Crippen LogP contribution in [-0.4, -0.2) is 25.1 Å². The zero-order valence-electron chi connectivity index (χ0n) is 8.74. The number of halogens is 4. The van der Waals surface area contributed by atoms with E-state index in [1.165, 1.54) is 0 Å². The Labute approximate surface area is 85.9 Å². The highest BCUT2D eigenvalue weighted by molar-refractivity contribution is 7.90. The molecule has 0 aliphatic carbocycles. The van der Waals surface area contributed by atoms with Crippen molar-refractivity contribution in [2.45, 2.75) is 44.4 Å². The zero-order valence-corrected chi connectivity index (χ0v) is 9.55. The van der Waals surface area contributed by atoms with E-state index in [0.717, 1.165) is 20.8 Å². The summed E-state index contributed by atoms with van der Waals surface area (Å²) in [6.07, 6.45) is 0. The first kappa shape index (κ1) is 14.6. The highest BCUT2D eigenvalue weighted by atomic mass is 32.2. The molecule has 15 heavy (non-hydrogen) atoms. The minimum Gasteiger partial charge on any atom is -0.212 e. The van der Waals surface area contributed by atoms with Crippen molar-refractivity contribution in [3.63, 3.8) is 0 Å². The summed E-state index contributed by atoms with van der Waals surface area (Å²) in [5.41, 5.74) is 0.